The average molecular weight is 198 g/mol. The molecule has 1 aliphatic rings. The SMILES string of the molecule is c1cc(CNCC2CCOCO2)on1. The molecule has 5 nitrogen and oxygen atoms in total. The zero-order chi connectivity index (χ0) is 9.64. The van der Waals surface area contributed by atoms with Crippen molar-refractivity contribution in [3.05, 3.63) is 18.0 Å². The van der Waals surface area contributed by atoms with Crippen molar-refractivity contribution < 1.29 is 14.0 Å². The van der Waals surface area contributed by atoms with Crippen LogP contribution >= 0.6 is 0 Å². The molecule has 2 heterocycles. The number of ether oxygens (including phenoxy) is 2. The summed E-state index contributed by atoms with van der Waals surface area (Å²) in [6, 6.07) is 1.85. The maximum atomic E-state index is 5.37. The summed E-state index contributed by atoms with van der Waals surface area (Å²) in [5, 5.41) is 6.86. The van der Waals surface area contributed by atoms with Crippen LogP contribution in [0.15, 0.2) is 16.8 Å². The quantitative estimate of drug-likeness (QED) is 0.764. The lowest BCUT2D eigenvalue weighted by molar-refractivity contribution is -0.137. The van der Waals surface area contributed by atoms with E-state index in [0.29, 0.717) is 13.3 Å². The summed E-state index contributed by atoms with van der Waals surface area (Å²) >= 11 is 0. The van der Waals surface area contributed by atoms with Crippen LogP contribution in [0.5, 0.6) is 0 Å². The molecule has 14 heavy (non-hydrogen) atoms. The van der Waals surface area contributed by atoms with Crippen molar-refractivity contribution in [1.82, 2.24) is 10.5 Å². The molecular formula is C9H14N2O3. The Bertz CT molecular complexity index is 245. The Balaban J connectivity index is 1.62. The third kappa shape index (κ3) is 2.80. The highest BCUT2D eigenvalue weighted by atomic mass is 16.7. The first-order valence-corrected chi connectivity index (χ1v) is 4.75. The molecule has 5 heteroatoms. The van der Waals surface area contributed by atoms with Gasteiger partial charge < -0.3 is 19.3 Å². The Kier molecular flexibility index (Phi) is 3.50. The number of nitrogens with one attached hydrogen (secondary N) is 1. The second kappa shape index (κ2) is 5.09. The van der Waals surface area contributed by atoms with Gasteiger partial charge in [0.25, 0.3) is 0 Å². The van der Waals surface area contributed by atoms with Crippen LogP contribution < -0.4 is 5.32 Å². The lowest BCUT2D eigenvalue weighted by atomic mass is 10.2. The van der Waals surface area contributed by atoms with E-state index in [1.54, 1.807) is 6.20 Å². The van der Waals surface area contributed by atoms with Gasteiger partial charge in [0.1, 0.15) is 12.6 Å². The van der Waals surface area contributed by atoms with Crippen molar-refractivity contribution in [2.24, 2.45) is 0 Å². The van der Waals surface area contributed by atoms with Crippen LogP contribution in [0.25, 0.3) is 0 Å². The highest BCUT2D eigenvalue weighted by Crippen LogP contribution is 2.04. The van der Waals surface area contributed by atoms with Crippen LogP contribution in [0.3, 0.4) is 0 Å². The molecule has 1 aromatic heterocycles. The second-order valence-corrected chi connectivity index (χ2v) is 3.21. The largest absolute Gasteiger partial charge is 0.360 e. The number of aromatic nitrogens is 1. The Morgan fingerprint density at radius 3 is 3.29 bits per heavy atom. The van der Waals surface area contributed by atoms with Gasteiger partial charge in [-0.15, -0.1) is 0 Å². The van der Waals surface area contributed by atoms with Crippen LogP contribution in [0.1, 0.15) is 12.2 Å². The number of hydrogen-bond donors (Lipinski definition) is 1. The first kappa shape index (κ1) is 9.64. The molecule has 1 saturated heterocycles. The molecule has 1 atom stereocenters. The smallest absolute Gasteiger partial charge is 0.150 e. The minimum atomic E-state index is 0.256. The third-order valence-corrected chi connectivity index (χ3v) is 2.13. The van der Waals surface area contributed by atoms with Crippen molar-refractivity contribution in [3.63, 3.8) is 0 Å². The summed E-state index contributed by atoms with van der Waals surface area (Å²) < 4.78 is 15.4. The zero-order valence-corrected chi connectivity index (χ0v) is 7.94. The van der Waals surface area contributed by atoms with Gasteiger partial charge >= 0.3 is 0 Å². The Morgan fingerprint density at radius 1 is 1.57 bits per heavy atom. The van der Waals surface area contributed by atoms with Gasteiger partial charge in [0.2, 0.25) is 0 Å². The lowest BCUT2D eigenvalue weighted by Crippen LogP contribution is -2.33. The number of nitrogens with zero attached hydrogens (tertiary/aromatic N) is 1. The van der Waals surface area contributed by atoms with Gasteiger partial charge in [0.05, 0.1) is 25.5 Å². The molecular weight excluding hydrogens is 184 g/mol. The molecule has 0 spiro atoms. The molecule has 1 fully saturated rings. The van der Waals surface area contributed by atoms with Crippen molar-refractivity contribution in [2.45, 2.75) is 19.1 Å². The first-order valence-electron chi connectivity index (χ1n) is 4.75. The number of rotatable bonds is 4. The average Bonchev–Trinajstić information content (AvgIpc) is 2.72. The van der Waals surface area contributed by atoms with Crippen LogP contribution in [0, 0.1) is 0 Å². The zero-order valence-electron chi connectivity index (χ0n) is 7.94. The molecule has 0 amide bonds. The van der Waals surface area contributed by atoms with Gasteiger partial charge in [0.15, 0.2) is 0 Å². The fourth-order valence-electron chi connectivity index (χ4n) is 1.35. The van der Waals surface area contributed by atoms with Gasteiger partial charge in [0, 0.05) is 12.6 Å². The predicted molar refractivity (Wildman–Crippen MR) is 48.5 cm³/mol. The molecule has 0 aliphatic carbocycles. The Morgan fingerprint density at radius 2 is 2.57 bits per heavy atom. The normalized spacial score (nSPS) is 22.4. The molecule has 1 unspecified atom stereocenters. The van der Waals surface area contributed by atoms with Gasteiger partial charge in [-0.2, -0.15) is 0 Å². The molecule has 0 saturated carbocycles. The third-order valence-electron chi connectivity index (χ3n) is 2.13. The van der Waals surface area contributed by atoms with Crippen LogP contribution in [0.4, 0.5) is 0 Å². The maximum Gasteiger partial charge on any atom is 0.150 e. The molecule has 0 radical (unpaired) electrons. The van der Waals surface area contributed by atoms with E-state index in [4.69, 9.17) is 14.0 Å². The monoisotopic (exact) mass is 198 g/mol. The van der Waals surface area contributed by atoms with Crippen LogP contribution in [0.2, 0.25) is 0 Å². The molecule has 1 N–H and O–H groups in total. The molecule has 0 bridgehead atoms. The van der Waals surface area contributed by atoms with Gasteiger partial charge in [-0.3, -0.25) is 0 Å². The fraction of sp³-hybridized carbons (Fsp3) is 0.667. The predicted octanol–water partition coefficient (Wildman–Crippen LogP) is 0.527. The molecule has 1 aliphatic heterocycles. The van der Waals surface area contributed by atoms with Crippen LogP contribution in [-0.4, -0.2) is 31.2 Å². The summed E-state index contributed by atoms with van der Waals surface area (Å²) in [7, 11) is 0. The molecule has 0 aromatic carbocycles. The number of hydrogen-bond acceptors (Lipinski definition) is 5. The van der Waals surface area contributed by atoms with Gasteiger partial charge in [-0.05, 0) is 6.42 Å². The van der Waals surface area contributed by atoms with Crippen LogP contribution in [-0.2, 0) is 16.0 Å². The lowest BCUT2D eigenvalue weighted by Gasteiger charge is -2.22. The van der Waals surface area contributed by atoms with Crippen molar-refractivity contribution >= 4 is 0 Å². The minimum absolute atomic E-state index is 0.256. The van der Waals surface area contributed by atoms with Crippen molar-refractivity contribution in [3.8, 4) is 0 Å². The Labute approximate surface area is 82.4 Å². The molecule has 1 aromatic rings. The van der Waals surface area contributed by atoms with Gasteiger partial charge in [-0.1, -0.05) is 5.16 Å². The standard InChI is InChI=1S/C9H14N2O3/c1-3-11-14-9(1)6-10-5-8-2-4-12-7-13-8/h1,3,8,10H,2,4-7H2. The van der Waals surface area contributed by atoms with E-state index in [1.165, 1.54) is 0 Å². The fourth-order valence-corrected chi connectivity index (χ4v) is 1.35. The van der Waals surface area contributed by atoms with E-state index in [-0.39, 0.29) is 6.10 Å². The highest BCUT2D eigenvalue weighted by Gasteiger charge is 2.13. The van der Waals surface area contributed by atoms with Gasteiger partial charge in [-0.25, -0.2) is 0 Å². The maximum absolute atomic E-state index is 5.37. The summed E-state index contributed by atoms with van der Waals surface area (Å²) in [5.74, 6) is 0.844. The molecule has 2 rings (SSSR count). The summed E-state index contributed by atoms with van der Waals surface area (Å²) in [4.78, 5) is 0. The first-order chi connectivity index (χ1) is 6.95. The Hall–Kier alpha value is -0.910. The summed E-state index contributed by atoms with van der Waals surface area (Å²) in [6.45, 7) is 2.72. The van der Waals surface area contributed by atoms with Crippen molar-refractivity contribution in [1.29, 1.82) is 0 Å². The highest BCUT2D eigenvalue weighted by molar-refractivity contribution is 4.91. The van der Waals surface area contributed by atoms with E-state index in [2.05, 4.69) is 10.5 Å². The molecule has 78 valence electrons. The summed E-state index contributed by atoms with van der Waals surface area (Å²) in [5.41, 5.74) is 0. The van der Waals surface area contributed by atoms with E-state index in [9.17, 15) is 0 Å². The van der Waals surface area contributed by atoms with E-state index in [0.717, 1.165) is 25.3 Å². The second-order valence-electron chi connectivity index (χ2n) is 3.21. The van der Waals surface area contributed by atoms with E-state index >= 15 is 0 Å². The van der Waals surface area contributed by atoms with E-state index < -0.39 is 0 Å². The van der Waals surface area contributed by atoms with E-state index in [1.807, 2.05) is 6.07 Å². The minimum Gasteiger partial charge on any atom is -0.360 e. The topological polar surface area (TPSA) is 56.5 Å². The van der Waals surface area contributed by atoms with Crippen molar-refractivity contribution in [2.75, 3.05) is 19.9 Å². The summed E-state index contributed by atoms with van der Waals surface area (Å²) in [6.07, 6.45) is 2.84.